The zero-order chi connectivity index (χ0) is 10.8. The molecule has 0 saturated heterocycles. The molecule has 1 aromatic rings. The van der Waals surface area contributed by atoms with Gasteiger partial charge in [0, 0.05) is 0 Å². The Morgan fingerprint density at radius 2 is 2.14 bits per heavy atom. The summed E-state index contributed by atoms with van der Waals surface area (Å²) in [5.41, 5.74) is 5.02. The molecule has 1 rings (SSSR count). The van der Waals surface area contributed by atoms with E-state index in [1.807, 2.05) is 13.8 Å². The lowest BCUT2D eigenvalue weighted by molar-refractivity contribution is 0.133. The van der Waals surface area contributed by atoms with Gasteiger partial charge in [0.1, 0.15) is 11.6 Å². The van der Waals surface area contributed by atoms with Gasteiger partial charge in [0.15, 0.2) is 0 Å². The van der Waals surface area contributed by atoms with Crippen molar-refractivity contribution in [2.75, 3.05) is 11.1 Å². The second kappa shape index (κ2) is 3.79. The van der Waals surface area contributed by atoms with Crippen LogP contribution in [0.15, 0.2) is 12.4 Å². The van der Waals surface area contributed by atoms with Crippen LogP contribution in [0.2, 0.25) is 0 Å². The van der Waals surface area contributed by atoms with E-state index in [0.717, 1.165) is 0 Å². The second-order valence-corrected chi connectivity index (χ2v) is 3.85. The number of aliphatic hydroxyl groups excluding tert-OH is 1. The third kappa shape index (κ3) is 2.56. The number of nitrogens with two attached hydrogens (primary N) is 1. The molecule has 0 aliphatic carbocycles. The lowest BCUT2D eigenvalue weighted by atomic mass is 9.99. The Bertz CT molecular complexity index is 311. The molecule has 5 heteroatoms. The van der Waals surface area contributed by atoms with Crippen LogP contribution in [-0.4, -0.2) is 26.7 Å². The zero-order valence-corrected chi connectivity index (χ0v) is 8.65. The molecule has 14 heavy (non-hydrogen) atoms. The first-order valence-electron chi connectivity index (χ1n) is 4.45. The van der Waals surface area contributed by atoms with Gasteiger partial charge < -0.3 is 16.2 Å². The maximum atomic E-state index is 9.47. The number of aliphatic hydroxyl groups is 1. The first-order chi connectivity index (χ1) is 6.42. The van der Waals surface area contributed by atoms with Gasteiger partial charge in [0.25, 0.3) is 0 Å². The number of hydrogen-bond donors (Lipinski definition) is 3. The number of anilines is 2. The van der Waals surface area contributed by atoms with Crippen LogP contribution in [-0.2, 0) is 0 Å². The number of aromatic nitrogens is 2. The van der Waals surface area contributed by atoms with Crippen molar-refractivity contribution in [3.05, 3.63) is 12.4 Å². The molecular weight excluding hydrogens is 180 g/mol. The van der Waals surface area contributed by atoms with E-state index in [1.165, 1.54) is 6.20 Å². The largest absolute Gasteiger partial charge is 0.391 e. The smallest absolute Gasteiger partial charge is 0.147 e. The molecule has 1 unspecified atom stereocenters. The lowest BCUT2D eigenvalue weighted by Gasteiger charge is -2.29. The maximum Gasteiger partial charge on any atom is 0.147 e. The summed E-state index contributed by atoms with van der Waals surface area (Å²) in [5.74, 6) is 0.923. The van der Waals surface area contributed by atoms with Crippen molar-refractivity contribution in [1.82, 2.24) is 9.97 Å². The van der Waals surface area contributed by atoms with Crippen molar-refractivity contribution >= 4 is 11.6 Å². The first-order valence-corrected chi connectivity index (χ1v) is 4.45. The number of hydrogen-bond acceptors (Lipinski definition) is 5. The molecule has 1 heterocycles. The van der Waals surface area contributed by atoms with Gasteiger partial charge in [-0.1, -0.05) is 0 Å². The number of nitrogen functional groups attached to an aromatic ring is 1. The third-order valence-corrected chi connectivity index (χ3v) is 2.15. The van der Waals surface area contributed by atoms with Crippen molar-refractivity contribution in [3.63, 3.8) is 0 Å². The van der Waals surface area contributed by atoms with Gasteiger partial charge in [-0.05, 0) is 20.8 Å². The highest BCUT2D eigenvalue weighted by atomic mass is 16.3. The van der Waals surface area contributed by atoms with E-state index in [9.17, 15) is 5.11 Å². The van der Waals surface area contributed by atoms with Crippen molar-refractivity contribution in [3.8, 4) is 0 Å². The Hall–Kier alpha value is -1.36. The van der Waals surface area contributed by atoms with E-state index in [4.69, 9.17) is 5.73 Å². The Kier molecular flexibility index (Phi) is 2.90. The van der Waals surface area contributed by atoms with Crippen LogP contribution >= 0.6 is 0 Å². The van der Waals surface area contributed by atoms with Gasteiger partial charge >= 0.3 is 0 Å². The van der Waals surface area contributed by atoms with Crippen LogP contribution in [0, 0.1) is 0 Å². The Labute approximate surface area is 83.4 Å². The molecule has 0 aliphatic rings. The van der Waals surface area contributed by atoms with Crippen LogP contribution in [0.4, 0.5) is 11.6 Å². The van der Waals surface area contributed by atoms with Crippen molar-refractivity contribution < 1.29 is 5.11 Å². The zero-order valence-electron chi connectivity index (χ0n) is 8.65. The minimum atomic E-state index is -0.495. The highest BCUT2D eigenvalue weighted by Crippen LogP contribution is 2.16. The molecule has 1 aromatic heterocycles. The highest BCUT2D eigenvalue weighted by Gasteiger charge is 2.24. The Morgan fingerprint density at radius 3 is 2.64 bits per heavy atom. The molecule has 0 aliphatic heterocycles. The van der Waals surface area contributed by atoms with Gasteiger partial charge in [0.05, 0.1) is 24.0 Å². The molecule has 0 spiro atoms. The molecule has 0 saturated carbocycles. The third-order valence-electron chi connectivity index (χ3n) is 2.15. The van der Waals surface area contributed by atoms with E-state index in [0.29, 0.717) is 11.6 Å². The maximum absolute atomic E-state index is 9.47. The minimum absolute atomic E-state index is 0.358. The topological polar surface area (TPSA) is 84.1 Å². The second-order valence-electron chi connectivity index (χ2n) is 3.85. The predicted octanol–water partition coefficient (Wildman–Crippen LogP) is 0.630. The van der Waals surface area contributed by atoms with Crippen molar-refractivity contribution in [2.24, 2.45) is 0 Å². The van der Waals surface area contributed by atoms with Gasteiger partial charge in [-0.3, -0.25) is 4.98 Å². The summed E-state index contributed by atoms with van der Waals surface area (Å²) in [4.78, 5) is 7.93. The normalized spacial score (nSPS) is 13.7. The Balaban J connectivity index is 2.78. The summed E-state index contributed by atoms with van der Waals surface area (Å²) >= 11 is 0. The number of rotatable bonds is 3. The predicted molar refractivity (Wildman–Crippen MR) is 55.8 cm³/mol. The summed E-state index contributed by atoms with van der Waals surface area (Å²) < 4.78 is 0. The fourth-order valence-corrected chi connectivity index (χ4v) is 0.876. The molecular formula is C9H16N4O. The van der Waals surface area contributed by atoms with Crippen LogP contribution in [0.1, 0.15) is 20.8 Å². The SMILES string of the molecule is CC(O)C(C)(C)Nc1cncc(N)n1. The van der Waals surface area contributed by atoms with Crippen LogP contribution in [0.3, 0.4) is 0 Å². The fraction of sp³-hybridized carbons (Fsp3) is 0.556. The summed E-state index contributed by atoms with van der Waals surface area (Å²) in [5, 5.41) is 12.5. The molecule has 0 radical (unpaired) electrons. The van der Waals surface area contributed by atoms with Gasteiger partial charge in [-0.25, -0.2) is 4.98 Å². The van der Waals surface area contributed by atoms with Gasteiger partial charge in [-0.2, -0.15) is 0 Å². The highest BCUT2D eigenvalue weighted by molar-refractivity contribution is 5.40. The summed E-state index contributed by atoms with van der Waals surface area (Å²) in [6.07, 6.45) is 2.55. The van der Waals surface area contributed by atoms with Gasteiger partial charge in [0.2, 0.25) is 0 Å². The van der Waals surface area contributed by atoms with Crippen LogP contribution < -0.4 is 11.1 Å². The quantitative estimate of drug-likeness (QED) is 0.660. The Morgan fingerprint density at radius 1 is 1.50 bits per heavy atom. The molecule has 0 bridgehead atoms. The molecule has 4 N–H and O–H groups in total. The van der Waals surface area contributed by atoms with E-state index < -0.39 is 11.6 Å². The summed E-state index contributed by atoms with van der Waals surface area (Å²) in [6.45, 7) is 5.47. The number of nitrogens with zero attached hydrogens (tertiary/aromatic N) is 2. The molecule has 0 fully saturated rings. The van der Waals surface area contributed by atoms with Crippen LogP contribution in [0.25, 0.3) is 0 Å². The van der Waals surface area contributed by atoms with E-state index >= 15 is 0 Å². The number of nitrogens with one attached hydrogen (secondary N) is 1. The van der Waals surface area contributed by atoms with Gasteiger partial charge in [-0.15, -0.1) is 0 Å². The van der Waals surface area contributed by atoms with Crippen molar-refractivity contribution in [2.45, 2.75) is 32.4 Å². The molecule has 0 aromatic carbocycles. The average Bonchev–Trinajstić information content (AvgIpc) is 2.02. The molecule has 1 atom stereocenters. The monoisotopic (exact) mass is 196 g/mol. The van der Waals surface area contributed by atoms with Crippen molar-refractivity contribution in [1.29, 1.82) is 0 Å². The molecule has 78 valence electrons. The fourth-order valence-electron chi connectivity index (χ4n) is 0.876. The molecule has 0 amide bonds. The standard InChI is InChI=1S/C9H16N4O/c1-6(14)9(2,3)13-8-5-11-4-7(10)12-8/h4-6,14H,1-3H3,(H3,10,12,13). The van der Waals surface area contributed by atoms with E-state index in [-0.39, 0.29) is 0 Å². The first kappa shape index (κ1) is 10.7. The lowest BCUT2D eigenvalue weighted by Crippen LogP contribution is -2.42. The molecule has 5 nitrogen and oxygen atoms in total. The van der Waals surface area contributed by atoms with E-state index in [2.05, 4.69) is 15.3 Å². The summed E-state index contributed by atoms with van der Waals surface area (Å²) in [7, 11) is 0. The van der Waals surface area contributed by atoms with E-state index in [1.54, 1.807) is 13.1 Å². The summed E-state index contributed by atoms with van der Waals surface area (Å²) in [6, 6.07) is 0. The average molecular weight is 196 g/mol. The van der Waals surface area contributed by atoms with Crippen LogP contribution in [0.5, 0.6) is 0 Å². The minimum Gasteiger partial charge on any atom is -0.391 e.